The number of nitrogens with one attached hydrogen (secondary N) is 1. The number of rotatable bonds is 8. The number of hydrogen-bond acceptors (Lipinski definition) is 4. The van der Waals surface area contributed by atoms with E-state index in [1.165, 1.54) is 6.07 Å². The molecule has 19 heavy (non-hydrogen) atoms. The topological polar surface area (TPSA) is 71.5 Å². The van der Waals surface area contributed by atoms with Gasteiger partial charge in [0.15, 0.2) is 5.69 Å². The number of hydrogen-bond donors (Lipinski definition) is 2. The number of anilines is 1. The predicted molar refractivity (Wildman–Crippen MR) is 75.0 cm³/mol. The van der Waals surface area contributed by atoms with Gasteiger partial charge < -0.3 is 15.2 Å². The van der Waals surface area contributed by atoms with Crippen LogP contribution in [0.2, 0.25) is 5.02 Å². The lowest BCUT2D eigenvalue weighted by Gasteiger charge is -2.09. The number of pyridine rings is 1. The van der Waals surface area contributed by atoms with Crippen molar-refractivity contribution in [2.24, 2.45) is 5.92 Å². The maximum Gasteiger partial charge on any atom is 0.356 e. The Labute approximate surface area is 117 Å². The van der Waals surface area contributed by atoms with E-state index in [1.54, 1.807) is 6.07 Å². The van der Waals surface area contributed by atoms with Crippen molar-refractivity contribution in [3.63, 3.8) is 0 Å². The first-order valence-electron chi connectivity index (χ1n) is 6.22. The summed E-state index contributed by atoms with van der Waals surface area (Å²) >= 11 is 5.73. The third-order valence-corrected chi connectivity index (χ3v) is 2.75. The van der Waals surface area contributed by atoms with Gasteiger partial charge in [0.25, 0.3) is 0 Å². The Bertz CT molecular complexity index is 424. The van der Waals surface area contributed by atoms with E-state index >= 15 is 0 Å². The molecule has 0 radical (unpaired) electrons. The summed E-state index contributed by atoms with van der Waals surface area (Å²) in [6.07, 6.45) is 1.03. The summed E-state index contributed by atoms with van der Waals surface area (Å²) < 4.78 is 5.43. The van der Waals surface area contributed by atoms with E-state index in [4.69, 9.17) is 21.4 Å². The van der Waals surface area contributed by atoms with E-state index in [9.17, 15) is 4.79 Å². The highest BCUT2D eigenvalue weighted by Gasteiger charge is 2.10. The standard InChI is InChI=1S/C13H19ClN2O3/c1-9(2)5-7-19-8-6-15-11-4-3-10(14)12(16-11)13(17)18/h3-4,9H,5-8H2,1-2H3,(H,15,16)(H,17,18). The molecule has 0 amide bonds. The van der Waals surface area contributed by atoms with Crippen LogP contribution in [-0.4, -0.2) is 35.8 Å². The molecule has 1 heterocycles. The van der Waals surface area contributed by atoms with Gasteiger partial charge in [-0.2, -0.15) is 0 Å². The van der Waals surface area contributed by atoms with Gasteiger partial charge in [0, 0.05) is 13.2 Å². The third-order valence-electron chi connectivity index (χ3n) is 2.44. The average molecular weight is 287 g/mol. The fraction of sp³-hybridized carbons (Fsp3) is 0.538. The van der Waals surface area contributed by atoms with E-state index in [0.717, 1.165) is 13.0 Å². The van der Waals surface area contributed by atoms with Crippen molar-refractivity contribution in [3.05, 3.63) is 22.8 Å². The van der Waals surface area contributed by atoms with Crippen LogP contribution in [0.1, 0.15) is 30.8 Å². The molecule has 0 aliphatic heterocycles. The Kier molecular flexibility index (Phi) is 6.59. The SMILES string of the molecule is CC(C)CCOCCNc1ccc(Cl)c(C(=O)O)n1. The van der Waals surface area contributed by atoms with Crippen LogP contribution >= 0.6 is 11.6 Å². The van der Waals surface area contributed by atoms with Crippen molar-refractivity contribution >= 4 is 23.4 Å². The average Bonchev–Trinajstić information content (AvgIpc) is 2.34. The zero-order valence-corrected chi connectivity index (χ0v) is 11.9. The van der Waals surface area contributed by atoms with Crippen molar-refractivity contribution in [1.82, 2.24) is 4.98 Å². The zero-order chi connectivity index (χ0) is 14.3. The van der Waals surface area contributed by atoms with E-state index in [0.29, 0.717) is 24.9 Å². The highest BCUT2D eigenvalue weighted by atomic mass is 35.5. The number of carboxylic acids is 1. The highest BCUT2D eigenvalue weighted by Crippen LogP contribution is 2.16. The van der Waals surface area contributed by atoms with Gasteiger partial charge in [0.05, 0.1) is 11.6 Å². The first kappa shape index (κ1) is 15.7. The summed E-state index contributed by atoms with van der Waals surface area (Å²) in [4.78, 5) is 14.8. The second-order valence-electron chi connectivity index (χ2n) is 4.55. The lowest BCUT2D eigenvalue weighted by atomic mass is 10.1. The van der Waals surface area contributed by atoms with Gasteiger partial charge in [-0.15, -0.1) is 0 Å². The molecule has 0 atom stereocenters. The van der Waals surface area contributed by atoms with Crippen molar-refractivity contribution in [3.8, 4) is 0 Å². The quantitative estimate of drug-likeness (QED) is 0.719. The molecule has 0 bridgehead atoms. The van der Waals surface area contributed by atoms with Crippen LogP contribution in [-0.2, 0) is 4.74 Å². The molecule has 2 N–H and O–H groups in total. The van der Waals surface area contributed by atoms with Gasteiger partial charge in [-0.3, -0.25) is 0 Å². The summed E-state index contributed by atoms with van der Waals surface area (Å²) in [6.45, 7) is 6.15. The van der Waals surface area contributed by atoms with Crippen LogP contribution in [0.25, 0.3) is 0 Å². The van der Waals surface area contributed by atoms with Gasteiger partial charge in [-0.25, -0.2) is 9.78 Å². The Hall–Kier alpha value is -1.33. The van der Waals surface area contributed by atoms with E-state index in [2.05, 4.69) is 24.1 Å². The summed E-state index contributed by atoms with van der Waals surface area (Å²) in [7, 11) is 0. The molecule has 5 nitrogen and oxygen atoms in total. The molecule has 6 heteroatoms. The fourth-order valence-corrected chi connectivity index (χ4v) is 1.55. The number of halogens is 1. The number of aromatic nitrogens is 1. The molecule has 0 saturated heterocycles. The largest absolute Gasteiger partial charge is 0.476 e. The van der Waals surface area contributed by atoms with Crippen molar-refractivity contribution in [1.29, 1.82) is 0 Å². The molecule has 0 aliphatic carbocycles. The van der Waals surface area contributed by atoms with Gasteiger partial charge >= 0.3 is 5.97 Å². The summed E-state index contributed by atoms with van der Waals surface area (Å²) in [5, 5.41) is 12.0. The molecular weight excluding hydrogens is 268 g/mol. The van der Waals surface area contributed by atoms with Crippen LogP contribution < -0.4 is 5.32 Å². The monoisotopic (exact) mass is 286 g/mol. The summed E-state index contributed by atoms with van der Waals surface area (Å²) in [6, 6.07) is 3.16. The maximum atomic E-state index is 10.9. The minimum atomic E-state index is -1.14. The molecular formula is C13H19ClN2O3. The minimum Gasteiger partial charge on any atom is -0.476 e. The Morgan fingerprint density at radius 2 is 2.21 bits per heavy atom. The third kappa shape index (κ3) is 5.89. The first-order chi connectivity index (χ1) is 9.00. The number of carboxylic acid groups (broad SMARTS) is 1. The second kappa shape index (κ2) is 7.96. The van der Waals surface area contributed by atoms with Gasteiger partial charge in [0.1, 0.15) is 5.82 Å². The van der Waals surface area contributed by atoms with Crippen LogP contribution in [0.3, 0.4) is 0 Å². The lowest BCUT2D eigenvalue weighted by Crippen LogP contribution is -2.13. The van der Waals surface area contributed by atoms with Gasteiger partial charge in [-0.05, 0) is 24.5 Å². The van der Waals surface area contributed by atoms with Gasteiger partial charge in [-0.1, -0.05) is 25.4 Å². The fourth-order valence-electron chi connectivity index (χ4n) is 1.36. The lowest BCUT2D eigenvalue weighted by molar-refractivity contribution is 0.0691. The molecule has 0 saturated carbocycles. The molecule has 1 aromatic rings. The molecule has 0 spiro atoms. The predicted octanol–water partition coefficient (Wildman–Crippen LogP) is 2.91. The molecule has 0 aliphatic rings. The van der Waals surface area contributed by atoms with E-state index in [1.807, 2.05) is 0 Å². The number of aromatic carboxylic acids is 1. The van der Waals surface area contributed by atoms with E-state index in [-0.39, 0.29) is 10.7 Å². The summed E-state index contributed by atoms with van der Waals surface area (Å²) in [5.74, 6) is -0.0277. The Morgan fingerprint density at radius 3 is 2.84 bits per heavy atom. The minimum absolute atomic E-state index is 0.131. The van der Waals surface area contributed by atoms with Crippen molar-refractivity contribution in [2.75, 3.05) is 25.1 Å². The van der Waals surface area contributed by atoms with Crippen LogP contribution in [0.4, 0.5) is 5.82 Å². The molecule has 1 aromatic heterocycles. The molecule has 106 valence electrons. The van der Waals surface area contributed by atoms with Crippen molar-refractivity contribution < 1.29 is 14.6 Å². The first-order valence-corrected chi connectivity index (χ1v) is 6.60. The van der Waals surface area contributed by atoms with Crippen molar-refractivity contribution in [2.45, 2.75) is 20.3 Å². The number of ether oxygens (including phenoxy) is 1. The Balaban J connectivity index is 2.34. The van der Waals surface area contributed by atoms with E-state index < -0.39 is 5.97 Å². The Morgan fingerprint density at radius 1 is 1.47 bits per heavy atom. The maximum absolute atomic E-state index is 10.9. The van der Waals surface area contributed by atoms with Crippen LogP contribution in [0.15, 0.2) is 12.1 Å². The summed E-state index contributed by atoms with van der Waals surface area (Å²) in [5.41, 5.74) is -0.146. The highest BCUT2D eigenvalue weighted by molar-refractivity contribution is 6.33. The number of carbonyl (C=O) groups is 1. The van der Waals surface area contributed by atoms with Crippen LogP contribution in [0.5, 0.6) is 0 Å². The smallest absolute Gasteiger partial charge is 0.356 e. The molecule has 0 unspecified atom stereocenters. The van der Waals surface area contributed by atoms with Gasteiger partial charge in [0.2, 0.25) is 0 Å². The zero-order valence-electron chi connectivity index (χ0n) is 11.1. The van der Waals surface area contributed by atoms with Crippen LogP contribution in [0, 0.1) is 5.92 Å². The molecule has 1 rings (SSSR count). The number of nitrogens with zero attached hydrogens (tertiary/aromatic N) is 1. The molecule has 0 fully saturated rings. The normalized spacial score (nSPS) is 10.7. The molecule has 0 aromatic carbocycles. The second-order valence-corrected chi connectivity index (χ2v) is 4.96.